The van der Waals surface area contributed by atoms with Crippen molar-refractivity contribution < 1.29 is 4.79 Å². The number of nitrogens with one attached hydrogen (secondary N) is 1. The lowest BCUT2D eigenvalue weighted by Crippen LogP contribution is -2.32. The number of carbonyl (C=O) groups is 1. The molecule has 104 valence electrons. The summed E-state index contributed by atoms with van der Waals surface area (Å²) in [6, 6.07) is 7.27. The van der Waals surface area contributed by atoms with Gasteiger partial charge in [0.1, 0.15) is 11.9 Å². The molecular formula is C15H16ClN3O. The van der Waals surface area contributed by atoms with Gasteiger partial charge in [-0.15, -0.1) is 0 Å². The number of aryl methyl sites for hydroxylation is 1. The zero-order valence-electron chi connectivity index (χ0n) is 11.2. The van der Waals surface area contributed by atoms with Gasteiger partial charge in [-0.2, -0.15) is 0 Å². The summed E-state index contributed by atoms with van der Waals surface area (Å²) in [6.45, 7) is 0. The van der Waals surface area contributed by atoms with Crippen molar-refractivity contribution in [2.45, 2.75) is 18.9 Å². The lowest BCUT2D eigenvalue weighted by atomic mass is 10.1. The van der Waals surface area contributed by atoms with Gasteiger partial charge in [0.15, 0.2) is 0 Å². The van der Waals surface area contributed by atoms with E-state index >= 15 is 0 Å². The Kier molecular flexibility index (Phi) is 3.49. The van der Waals surface area contributed by atoms with E-state index in [2.05, 4.69) is 10.3 Å². The minimum absolute atomic E-state index is 0.105. The van der Waals surface area contributed by atoms with Crippen LogP contribution in [0.5, 0.6) is 0 Å². The van der Waals surface area contributed by atoms with Gasteiger partial charge in [0.2, 0.25) is 5.91 Å². The molecule has 4 nitrogen and oxygen atoms in total. The monoisotopic (exact) mass is 289 g/mol. The van der Waals surface area contributed by atoms with Gasteiger partial charge in [0.25, 0.3) is 0 Å². The molecule has 1 heterocycles. The normalized spacial score (nSPS) is 15.9. The van der Waals surface area contributed by atoms with E-state index in [0.29, 0.717) is 5.02 Å². The number of hydrogen-bond acceptors (Lipinski definition) is 2. The third-order valence-electron chi connectivity index (χ3n) is 3.55. The maximum atomic E-state index is 12.1. The molecule has 0 radical (unpaired) electrons. The number of hydrogen-bond donors (Lipinski definition) is 1. The van der Waals surface area contributed by atoms with E-state index in [1.54, 1.807) is 6.20 Å². The van der Waals surface area contributed by atoms with Crippen LogP contribution in [0.15, 0.2) is 36.7 Å². The Bertz CT molecular complexity index is 616. The van der Waals surface area contributed by atoms with Gasteiger partial charge in [-0.05, 0) is 30.5 Å². The summed E-state index contributed by atoms with van der Waals surface area (Å²) >= 11 is 5.93. The molecule has 1 saturated carbocycles. The number of benzene rings is 1. The van der Waals surface area contributed by atoms with Crippen molar-refractivity contribution >= 4 is 17.5 Å². The van der Waals surface area contributed by atoms with Crippen LogP contribution in [0.4, 0.5) is 0 Å². The summed E-state index contributed by atoms with van der Waals surface area (Å²) in [7, 11) is 1.93. The predicted molar refractivity (Wildman–Crippen MR) is 77.4 cm³/mol. The van der Waals surface area contributed by atoms with Gasteiger partial charge in [0, 0.05) is 30.4 Å². The van der Waals surface area contributed by atoms with E-state index in [-0.39, 0.29) is 17.9 Å². The third kappa shape index (κ3) is 2.70. The first-order chi connectivity index (χ1) is 9.65. The fraction of sp³-hybridized carbons (Fsp3) is 0.333. The van der Waals surface area contributed by atoms with Crippen LogP contribution in [0, 0.1) is 5.92 Å². The van der Waals surface area contributed by atoms with Crippen LogP contribution in [-0.4, -0.2) is 15.5 Å². The van der Waals surface area contributed by atoms with Gasteiger partial charge in [-0.1, -0.05) is 23.7 Å². The van der Waals surface area contributed by atoms with Crippen LogP contribution in [0.2, 0.25) is 5.02 Å². The lowest BCUT2D eigenvalue weighted by Gasteiger charge is -2.19. The van der Waals surface area contributed by atoms with Crippen LogP contribution in [0.1, 0.15) is 30.3 Å². The molecule has 0 saturated heterocycles. The van der Waals surface area contributed by atoms with E-state index in [1.165, 1.54) is 0 Å². The summed E-state index contributed by atoms with van der Waals surface area (Å²) in [6.07, 6.45) is 5.59. The Morgan fingerprint density at radius 2 is 2.10 bits per heavy atom. The quantitative estimate of drug-likeness (QED) is 0.941. The average molecular weight is 290 g/mol. The maximum absolute atomic E-state index is 12.1. The summed E-state index contributed by atoms with van der Waals surface area (Å²) in [4.78, 5) is 16.5. The van der Waals surface area contributed by atoms with Crippen LogP contribution in [0.25, 0.3) is 0 Å². The number of carbonyl (C=O) groups excluding carboxylic acids is 1. The first kappa shape index (κ1) is 13.2. The van der Waals surface area contributed by atoms with Crippen molar-refractivity contribution in [3.8, 4) is 0 Å². The number of rotatable bonds is 4. The molecule has 20 heavy (non-hydrogen) atoms. The smallest absolute Gasteiger partial charge is 0.223 e. The second kappa shape index (κ2) is 5.29. The number of halogens is 1. The molecular weight excluding hydrogens is 274 g/mol. The highest BCUT2D eigenvalue weighted by Gasteiger charge is 2.32. The summed E-state index contributed by atoms with van der Waals surface area (Å²) in [5.74, 6) is 1.10. The van der Waals surface area contributed by atoms with Crippen molar-refractivity contribution in [1.82, 2.24) is 14.9 Å². The largest absolute Gasteiger partial charge is 0.342 e. The fourth-order valence-corrected chi connectivity index (χ4v) is 2.34. The van der Waals surface area contributed by atoms with Gasteiger partial charge < -0.3 is 9.88 Å². The average Bonchev–Trinajstić information content (AvgIpc) is 3.20. The molecule has 0 bridgehead atoms. The highest BCUT2D eigenvalue weighted by molar-refractivity contribution is 6.30. The summed E-state index contributed by atoms with van der Waals surface area (Å²) < 4.78 is 1.92. The first-order valence-corrected chi connectivity index (χ1v) is 7.06. The van der Waals surface area contributed by atoms with Crippen molar-refractivity contribution in [2.24, 2.45) is 13.0 Å². The van der Waals surface area contributed by atoms with Crippen molar-refractivity contribution in [3.05, 3.63) is 53.1 Å². The van der Waals surface area contributed by atoms with Crippen LogP contribution >= 0.6 is 11.6 Å². The Balaban J connectivity index is 1.92. The number of imidazole rings is 1. The second-order valence-electron chi connectivity index (χ2n) is 5.16. The molecule has 1 aliphatic rings. The highest BCUT2D eigenvalue weighted by Crippen LogP contribution is 2.31. The maximum Gasteiger partial charge on any atom is 0.223 e. The van der Waals surface area contributed by atoms with Gasteiger partial charge >= 0.3 is 0 Å². The molecule has 0 aliphatic heterocycles. The van der Waals surface area contributed by atoms with Crippen LogP contribution in [-0.2, 0) is 11.8 Å². The van der Waals surface area contributed by atoms with E-state index in [4.69, 9.17) is 11.6 Å². The van der Waals surface area contributed by atoms with Gasteiger partial charge in [-0.25, -0.2) is 4.98 Å². The number of nitrogens with zero attached hydrogens (tertiary/aromatic N) is 2. The first-order valence-electron chi connectivity index (χ1n) is 6.68. The number of amides is 1. The minimum Gasteiger partial charge on any atom is -0.342 e. The Labute approximate surface area is 122 Å². The zero-order chi connectivity index (χ0) is 14.1. The van der Waals surface area contributed by atoms with Crippen molar-refractivity contribution in [1.29, 1.82) is 0 Å². The number of aromatic nitrogens is 2. The zero-order valence-corrected chi connectivity index (χ0v) is 12.0. The molecule has 1 aromatic carbocycles. The minimum atomic E-state index is -0.236. The molecule has 1 N–H and O–H groups in total. The molecule has 5 heteroatoms. The predicted octanol–water partition coefficient (Wildman–Crippen LogP) is 2.69. The Hall–Kier alpha value is -1.81. The Morgan fingerprint density at radius 3 is 2.65 bits per heavy atom. The van der Waals surface area contributed by atoms with Gasteiger partial charge in [-0.3, -0.25) is 4.79 Å². The van der Waals surface area contributed by atoms with Crippen molar-refractivity contribution in [3.63, 3.8) is 0 Å². The van der Waals surface area contributed by atoms with Gasteiger partial charge in [0.05, 0.1) is 0 Å². The lowest BCUT2D eigenvalue weighted by molar-refractivity contribution is -0.122. The molecule has 0 spiro atoms. The van der Waals surface area contributed by atoms with E-state index in [1.807, 2.05) is 42.1 Å². The molecule has 0 unspecified atom stereocenters. The SMILES string of the molecule is Cn1ccnc1[C@H](NC(=O)C1CC1)c1ccc(Cl)cc1. The molecule has 1 fully saturated rings. The standard InChI is InChI=1S/C15H16ClN3O/c1-19-9-8-17-14(19)13(18-15(20)11-2-3-11)10-4-6-12(16)7-5-10/h4-9,11,13H,2-3H2,1H3,(H,18,20)/t13-/m1/s1. The second-order valence-corrected chi connectivity index (χ2v) is 5.60. The molecule has 1 atom stereocenters. The Morgan fingerprint density at radius 1 is 1.40 bits per heavy atom. The highest BCUT2D eigenvalue weighted by atomic mass is 35.5. The van der Waals surface area contributed by atoms with E-state index in [0.717, 1.165) is 24.2 Å². The van der Waals surface area contributed by atoms with Crippen LogP contribution < -0.4 is 5.32 Å². The third-order valence-corrected chi connectivity index (χ3v) is 3.81. The molecule has 1 aliphatic carbocycles. The molecule has 3 rings (SSSR count). The molecule has 1 aromatic heterocycles. The van der Waals surface area contributed by atoms with Crippen LogP contribution in [0.3, 0.4) is 0 Å². The van der Waals surface area contributed by atoms with E-state index in [9.17, 15) is 4.79 Å². The summed E-state index contributed by atoms with van der Waals surface area (Å²) in [5.41, 5.74) is 0.984. The van der Waals surface area contributed by atoms with E-state index < -0.39 is 0 Å². The molecule has 2 aromatic rings. The van der Waals surface area contributed by atoms with Crippen molar-refractivity contribution in [2.75, 3.05) is 0 Å². The summed E-state index contributed by atoms with van der Waals surface area (Å²) in [5, 5.41) is 3.77. The fourth-order valence-electron chi connectivity index (χ4n) is 2.21. The molecule has 1 amide bonds. The topological polar surface area (TPSA) is 46.9 Å².